The Morgan fingerprint density at radius 2 is 2.00 bits per heavy atom. The predicted molar refractivity (Wildman–Crippen MR) is 103 cm³/mol. The van der Waals surface area contributed by atoms with Gasteiger partial charge >= 0.3 is 0 Å². The summed E-state index contributed by atoms with van der Waals surface area (Å²) >= 11 is 1.64. The summed E-state index contributed by atoms with van der Waals surface area (Å²) in [6.07, 6.45) is 6.60. The predicted octanol–water partition coefficient (Wildman–Crippen LogP) is 4.20. The highest BCUT2D eigenvalue weighted by atomic mass is 32.1. The second kappa shape index (κ2) is 7.29. The van der Waals surface area contributed by atoms with E-state index in [-0.39, 0.29) is 5.91 Å². The van der Waals surface area contributed by atoms with Gasteiger partial charge in [-0.3, -0.25) is 9.78 Å². The number of hydrogen-bond acceptors (Lipinski definition) is 6. The van der Waals surface area contributed by atoms with Crippen molar-refractivity contribution in [2.24, 2.45) is 0 Å². The molecule has 2 heterocycles. The zero-order valence-electron chi connectivity index (χ0n) is 14.5. The molecule has 1 aliphatic rings. The normalized spacial score (nSPS) is 14.5. The van der Waals surface area contributed by atoms with Gasteiger partial charge in [0.15, 0.2) is 5.13 Å². The van der Waals surface area contributed by atoms with Gasteiger partial charge in [0.1, 0.15) is 17.2 Å². The fourth-order valence-corrected chi connectivity index (χ4v) is 4.11. The lowest BCUT2D eigenvalue weighted by molar-refractivity contribution is 0.0958. The van der Waals surface area contributed by atoms with Gasteiger partial charge in [0.25, 0.3) is 5.91 Å². The molecule has 0 saturated heterocycles. The summed E-state index contributed by atoms with van der Waals surface area (Å²) in [6, 6.07) is 9.74. The highest BCUT2D eigenvalue weighted by molar-refractivity contribution is 7.22. The van der Waals surface area contributed by atoms with E-state index < -0.39 is 0 Å². The van der Waals surface area contributed by atoms with Crippen molar-refractivity contribution >= 4 is 32.6 Å². The molecule has 7 heteroatoms. The van der Waals surface area contributed by atoms with E-state index in [9.17, 15) is 4.79 Å². The SMILES string of the molecule is CNC(=O)c1cc(Oc2ccc3nc(NC4CCCC4)sc3c2)ccn1. The molecular weight excluding hydrogens is 348 g/mol. The van der Waals surface area contributed by atoms with E-state index in [4.69, 9.17) is 4.74 Å². The first-order valence-electron chi connectivity index (χ1n) is 8.74. The lowest BCUT2D eigenvalue weighted by atomic mass is 10.3. The number of nitrogens with one attached hydrogen (secondary N) is 2. The second-order valence-corrected chi connectivity index (χ2v) is 7.36. The molecule has 1 aliphatic carbocycles. The van der Waals surface area contributed by atoms with Gasteiger partial charge in [-0.25, -0.2) is 4.98 Å². The van der Waals surface area contributed by atoms with Crippen molar-refractivity contribution in [2.75, 3.05) is 12.4 Å². The molecule has 6 nitrogen and oxygen atoms in total. The number of rotatable bonds is 5. The Morgan fingerprint density at radius 1 is 1.19 bits per heavy atom. The third-order valence-corrected chi connectivity index (χ3v) is 5.42. The van der Waals surface area contributed by atoms with Gasteiger partial charge in [-0.15, -0.1) is 0 Å². The molecule has 0 aliphatic heterocycles. The molecule has 134 valence electrons. The zero-order valence-corrected chi connectivity index (χ0v) is 15.3. The van der Waals surface area contributed by atoms with Crippen LogP contribution in [0.25, 0.3) is 10.2 Å². The number of hydrogen-bond donors (Lipinski definition) is 2. The lowest BCUT2D eigenvalue weighted by Crippen LogP contribution is -2.18. The molecule has 4 rings (SSSR count). The van der Waals surface area contributed by atoms with Gasteiger partial charge in [-0.05, 0) is 31.0 Å². The molecule has 0 spiro atoms. The summed E-state index contributed by atoms with van der Waals surface area (Å²) in [5.74, 6) is 1.05. The lowest BCUT2D eigenvalue weighted by Gasteiger charge is -2.09. The van der Waals surface area contributed by atoms with Crippen molar-refractivity contribution < 1.29 is 9.53 Å². The van der Waals surface area contributed by atoms with Crippen LogP contribution in [0.3, 0.4) is 0 Å². The van der Waals surface area contributed by atoms with Crippen LogP contribution in [0.5, 0.6) is 11.5 Å². The molecule has 0 radical (unpaired) electrons. The number of carbonyl (C=O) groups is 1. The number of anilines is 1. The van der Waals surface area contributed by atoms with Gasteiger partial charge < -0.3 is 15.4 Å². The first kappa shape index (κ1) is 16.8. The molecule has 1 saturated carbocycles. The number of benzene rings is 1. The molecule has 26 heavy (non-hydrogen) atoms. The number of pyridine rings is 1. The molecule has 0 atom stereocenters. The van der Waals surface area contributed by atoms with E-state index >= 15 is 0 Å². The van der Waals surface area contributed by atoms with Gasteiger partial charge in [0, 0.05) is 31.4 Å². The van der Waals surface area contributed by atoms with Crippen molar-refractivity contribution in [2.45, 2.75) is 31.7 Å². The Hall–Kier alpha value is -2.67. The Morgan fingerprint density at radius 3 is 2.81 bits per heavy atom. The van der Waals surface area contributed by atoms with Gasteiger partial charge in [0.05, 0.1) is 10.2 Å². The van der Waals surface area contributed by atoms with Crippen molar-refractivity contribution in [3.05, 3.63) is 42.2 Å². The molecule has 0 unspecified atom stereocenters. The molecule has 1 amide bonds. The number of ether oxygens (including phenoxy) is 1. The van der Waals surface area contributed by atoms with Crippen LogP contribution in [0.4, 0.5) is 5.13 Å². The number of fused-ring (bicyclic) bond motifs is 1. The van der Waals surface area contributed by atoms with Crippen LogP contribution >= 0.6 is 11.3 Å². The first-order chi connectivity index (χ1) is 12.7. The Kier molecular flexibility index (Phi) is 4.71. The van der Waals surface area contributed by atoms with Crippen molar-refractivity contribution in [3.8, 4) is 11.5 Å². The van der Waals surface area contributed by atoms with Crippen molar-refractivity contribution in [1.29, 1.82) is 0 Å². The monoisotopic (exact) mass is 368 g/mol. The van der Waals surface area contributed by atoms with E-state index in [1.54, 1.807) is 36.7 Å². The molecule has 0 bridgehead atoms. The number of thiazole rings is 1. The van der Waals surface area contributed by atoms with E-state index in [1.807, 2.05) is 18.2 Å². The van der Waals surface area contributed by atoms with E-state index in [1.165, 1.54) is 25.7 Å². The van der Waals surface area contributed by atoms with Crippen LogP contribution in [-0.4, -0.2) is 29.0 Å². The molecular formula is C19H20N4O2S. The van der Waals surface area contributed by atoms with Crippen LogP contribution in [0.2, 0.25) is 0 Å². The minimum atomic E-state index is -0.240. The maximum absolute atomic E-state index is 11.7. The maximum atomic E-state index is 11.7. The smallest absolute Gasteiger partial charge is 0.269 e. The van der Waals surface area contributed by atoms with Crippen molar-refractivity contribution in [1.82, 2.24) is 15.3 Å². The standard InChI is InChI=1S/C19H20N4O2S/c1-20-18(24)16-10-14(8-9-21-16)25-13-6-7-15-17(11-13)26-19(23-15)22-12-4-2-3-5-12/h6-12H,2-5H2,1H3,(H,20,24)(H,22,23). The quantitative estimate of drug-likeness (QED) is 0.706. The Bertz CT molecular complexity index is 934. The van der Waals surface area contributed by atoms with E-state index in [0.29, 0.717) is 23.2 Å². The second-order valence-electron chi connectivity index (χ2n) is 6.33. The highest BCUT2D eigenvalue weighted by Gasteiger charge is 2.16. The Labute approximate surface area is 155 Å². The average Bonchev–Trinajstić information content (AvgIpc) is 3.30. The molecule has 1 aromatic carbocycles. The van der Waals surface area contributed by atoms with Crippen LogP contribution < -0.4 is 15.4 Å². The topological polar surface area (TPSA) is 76.1 Å². The van der Waals surface area contributed by atoms with Gasteiger partial charge in [0.2, 0.25) is 0 Å². The maximum Gasteiger partial charge on any atom is 0.269 e. The van der Waals surface area contributed by atoms with Crippen LogP contribution in [0.1, 0.15) is 36.2 Å². The fraction of sp³-hybridized carbons (Fsp3) is 0.316. The molecule has 1 fully saturated rings. The fourth-order valence-electron chi connectivity index (χ4n) is 3.14. The number of nitrogens with zero attached hydrogens (tertiary/aromatic N) is 2. The largest absolute Gasteiger partial charge is 0.457 e. The Balaban J connectivity index is 1.52. The van der Waals surface area contributed by atoms with Crippen molar-refractivity contribution in [3.63, 3.8) is 0 Å². The highest BCUT2D eigenvalue weighted by Crippen LogP contribution is 2.33. The first-order valence-corrected chi connectivity index (χ1v) is 9.56. The van der Waals surface area contributed by atoms with Crippen LogP contribution in [-0.2, 0) is 0 Å². The molecule has 2 N–H and O–H groups in total. The van der Waals surface area contributed by atoms with E-state index in [2.05, 4.69) is 20.6 Å². The van der Waals surface area contributed by atoms with Gasteiger partial charge in [-0.1, -0.05) is 24.2 Å². The number of carbonyl (C=O) groups excluding carboxylic acids is 1. The minimum Gasteiger partial charge on any atom is -0.457 e. The van der Waals surface area contributed by atoms with E-state index in [0.717, 1.165) is 15.3 Å². The summed E-state index contributed by atoms with van der Waals surface area (Å²) in [6.45, 7) is 0. The summed E-state index contributed by atoms with van der Waals surface area (Å²) in [4.78, 5) is 20.4. The van der Waals surface area contributed by atoms with Gasteiger partial charge in [-0.2, -0.15) is 0 Å². The van der Waals surface area contributed by atoms with Crippen LogP contribution in [0, 0.1) is 0 Å². The number of aromatic nitrogens is 2. The molecule has 3 aromatic rings. The zero-order chi connectivity index (χ0) is 17.9. The summed E-state index contributed by atoms with van der Waals surface area (Å²) in [5, 5.41) is 7.07. The average molecular weight is 368 g/mol. The minimum absolute atomic E-state index is 0.240. The number of amides is 1. The summed E-state index contributed by atoms with van der Waals surface area (Å²) < 4.78 is 6.98. The van der Waals surface area contributed by atoms with Crippen LogP contribution in [0.15, 0.2) is 36.5 Å². The summed E-state index contributed by atoms with van der Waals surface area (Å²) in [7, 11) is 1.58. The third kappa shape index (κ3) is 3.62. The molecule has 2 aromatic heterocycles. The summed E-state index contributed by atoms with van der Waals surface area (Å²) in [5.41, 5.74) is 1.29. The third-order valence-electron chi connectivity index (χ3n) is 4.47.